The molecular formula is C31H34N2O6. The lowest BCUT2D eigenvalue weighted by Crippen LogP contribution is -2.37. The van der Waals surface area contributed by atoms with E-state index in [-0.39, 0.29) is 11.8 Å². The number of ether oxygens (including phenoxy) is 3. The molecule has 0 aromatic heterocycles. The molecule has 2 saturated heterocycles. The zero-order valence-corrected chi connectivity index (χ0v) is 22.5. The van der Waals surface area contributed by atoms with Crippen LogP contribution < -0.4 is 24.2 Å². The predicted octanol–water partition coefficient (Wildman–Crippen LogP) is 5.71. The number of anilines is 2. The van der Waals surface area contributed by atoms with Gasteiger partial charge in [0.1, 0.15) is 11.7 Å². The van der Waals surface area contributed by atoms with Crippen LogP contribution in [-0.2, 0) is 14.4 Å². The molecule has 2 heterocycles. The smallest absolute Gasteiger partial charge is 0.266 e. The topological polar surface area (TPSA) is 77.5 Å². The summed E-state index contributed by atoms with van der Waals surface area (Å²) in [6, 6.07) is 21.6. The van der Waals surface area contributed by atoms with Gasteiger partial charge < -0.3 is 14.2 Å². The van der Waals surface area contributed by atoms with Crippen LogP contribution in [0.25, 0.3) is 0 Å². The van der Waals surface area contributed by atoms with Gasteiger partial charge in [-0.2, -0.15) is 0 Å². The molecule has 2 fully saturated rings. The Morgan fingerprint density at radius 3 is 2.15 bits per heavy atom. The Labute approximate surface area is 229 Å². The van der Waals surface area contributed by atoms with E-state index in [9.17, 15) is 9.59 Å². The molecule has 204 valence electrons. The van der Waals surface area contributed by atoms with Crippen molar-refractivity contribution in [2.75, 3.05) is 29.8 Å². The lowest BCUT2D eigenvalue weighted by Gasteiger charge is -2.29. The Kier molecular flexibility index (Phi) is 8.02. The van der Waals surface area contributed by atoms with Gasteiger partial charge in [0, 0.05) is 0 Å². The van der Waals surface area contributed by atoms with Crippen molar-refractivity contribution in [3.05, 3.63) is 78.4 Å². The Bertz CT molecular complexity index is 1300. The molecule has 2 aliphatic rings. The number of nitrogens with zero attached hydrogens (tertiary/aromatic N) is 2. The molecule has 3 atom stereocenters. The zero-order chi connectivity index (χ0) is 27.4. The molecule has 2 aliphatic heterocycles. The average Bonchev–Trinajstić information content (AvgIpc) is 3.47. The van der Waals surface area contributed by atoms with Gasteiger partial charge in [0.25, 0.3) is 5.91 Å². The summed E-state index contributed by atoms with van der Waals surface area (Å²) < 4.78 is 17.5. The number of hydrogen-bond acceptors (Lipinski definition) is 7. The van der Waals surface area contributed by atoms with Crippen LogP contribution >= 0.6 is 0 Å². The van der Waals surface area contributed by atoms with E-state index in [1.54, 1.807) is 29.3 Å². The van der Waals surface area contributed by atoms with Crippen molar-refractivity contribution in [2.45, 2.75) is 45.8 Å². The first-order valence-electron chi connectivity index (χ1n) is 13.6. The number of rotatable bonds is 11. The lowest BCUT2D eigenvalue weighted by atomic mass is 9.90. The van der Waals surface area contributed by atoms with E-state index in [0.29, 0.717) is 42.8 Å². The van der Waals surface area contributed by atoms with Crippen LogP contribution in [0, 0.1) is 5.92 Å². The number of carbonyl (C=O) groups is 2. The monoisotopic (exact) mass is 530 g/mol. The summed E-state index contributed by atoms with van der Waals surface area (Å²) in [6.45, 7) is 7.62. The molecule has 8 nitrogen and oxygen atoms in total. The second-order valence-corrected chi connectivity index (χ2v) is 9.50. The summed E-state index contributed by atoms with van der Waals surface area (Å²) in [4.78, 5) is 35.1. The summed E-state index contributed by atoms with van der Waals surface area (Å²) in [5.41, 5.74) is 2.05. The van der Waals surface area contributed by atoms with Crippen molar-refractivity contribution in [3.8, 4) is 17.2 Å². The van der Waals surface area contributed by atoms with Gasteiger partial charge in [-0.3, -0.25) is 14.4 Å². The second-order valence-electron chi connectivity index (χ2n) is 9.50. The van der Waals surface area contributed by atoms with Crippen LogP contribution in [0.2, 0.25) is 0 Å². The first-order chi connectivity index (χ1) is 19.1. The third kappa shape index (κ3) is 5.16. The Hall–Kier alpha value is -4.04. The molecule has 39 heavy (non-hydrogen) atoms. The van der Waals surface area contributed by atoms with Crippen molar-refractivity contribution in [1.82, 2.24) is 0 Å². The Morgan fingerprint density at radius 1 is 0.744 bits per heavy atom. The van der Waals surface area contributed by atoms with Crippen LogP contribution in [-0.4, -0.2) is 37.7 Å². The lowest BCUT2D eigenvalue weighted by molar-refractivity contribution is -0.126. The van der Waals surface area contributed by atoms with Gasteiger partial charge >= 0.3 is 0 Å². The summed E-state index contributed by atoms with van der Waals surface area (Å²) in [6.07, 6.45) is 0.806. The van der Waals surface area contributed by atoms with Gasteiger partial charge in [0.2, 0.25) is 5.91 Å². The quantitative estimate of drug-likeness (QED) is 0.294. The Morgan fingerprint density at radius 2 is 1.46 bits per heavy atom. The number of hydrogen-bond donors (Lipinski definition) is 0. The number of para-hydroxylation sites is 1. The highest BCUT2D eigenvalue weighted by Gasteiger charge is 2.60. The van der Waals surface area contributed by atoms with Crippen LogP contribution in [0.4, 0.5) is 11.4 Å². The highest BCUT2D eigenvalue weighted by molar-refractivity contribution is 6.23. The average molecular weight is 531 g/mol. The van der Waals surface area contributed by atoms with Crippen molar-refractivity contribution >= 4 is 23.2 Å². The fourth-order valence-corrected chi connectivity index (χ4v) is 5.03. The van der Waals surface area contributed by atoms with Crippen LogP contribution in [0.1, 0.15) is 45.2 Å². The van der Waals surface area contributed by atoms with Crippen LogP contribution in [0.3, 0.4) is 0 Å². The van der Waals surface area contributed by atoms with Gasteiger partial charge in [0.05, 0.1) is 37.2 Å². The number of benzene rings is 3. The molecular weight excluding hydrogens is 496 g/mol. The number of amides is 2. The summed E-state index contributed by atoms with van der Waals surface area (Å²) in [5, 5.41) is 1.68. The molecule has 0 radical (unpaired) electrons. The summed E-state index contributed by atoms with van der Waals surface area (Å²) >= 11 is 0. The number of imide groups is 1. The largest absolute Gasteiger partial charge is 0.494 e. The second kappa shape index (κ2) is 11.8. The SMILES string of the molecule is CCCOc1ccc(N2C(=O)[C@H]3[C@@H](ON(c4ccccc4)[C@H]3c3ccc(OCCC)c(OCC)c3)C2=O)cc1. The third-order valence-corrected chi connectivity index (χ3v) is 6.76. The highest BCUT2D eigenvalue weighted by atomic mass is 16.7. The van der Waals surface area contributed by atoms with E-state index in [1.807, 2.05) is 69.3 Å². The highest BCUT2D eigenvalue weighted by Crippen LogP contribution is 2.48. The van der Waals surface area contributed by atoms with E-state index in [2.05, 4.69) is 0 Å². The maximum absolute atomic E-state index is 13.9. The van der Waals surface area contributed by atoms with Gasteiger partial charge in [0.15, 0.2) is 17.6 Å². The maximum atomic E-state index is 13.9. The van der Waals surface area contributed by atoms with Crippen LogP contribution in [0.5, 0.6) is 17.2 Å². The first kappa shape index (κ1) is 26.6. The van der Waals surface area contributed by atoms with E-state index >= 15 is 0 Å². The first-order valence-corrected chi connectivity index (χ1v) is 13.6. The summed E-state index contributed by atoms with van der Waals surface area (Å²) in [5.74, 6) is 0.494. The number of carbonyl (C=O) groups excluding carboxylic acids is 2. The maximum Gasteiger partial charge on any atom is 0.266 e. The predicted molar refractivity (Wildman–Crippen MR) is 148 cm³/mol. The molecule has 0 spiro atoms. The zero-order valence-electron chi connectivity index (χ0n) is 22.5. The fourth-order valence-electron chi connectivity index (χ4n) is 5.03. The minimum absolute atomic E-state index is 0.306. The molecule has 0 bridgehead atoms. The molecule has 0 saturated carbocycles. The molecule has 0 aliphatic carbocycles. The standard InChI is InChI=1S/C31H34N2O6/c1-4-18-37-24-15-13-22(14-16-24)32-30(34)27-28(21-12-17-25(38-19-5-2)26(20-21)36-6-3)33(39-29(27)31(32)35)23-10-8-7-9-11-23/h7-17,20,27-29H,4-6,18-19H2,1-3H3/t27-,28+,29-/m1/s1. The minimum Gasteiger partial charge on any atom is -0.494 e. The summed E-state index contributed by atoms with van der Waals surface area (Å²) in [7, 11) is 0. The van der Waals surface area contributed by atoms with Crippen molar-refractivity contribution < 1.29 is 28.6 Å². The van der Waals surface area contributed by atoms with E-state index in [4.69, 9.17) is 19.0 Å². The van der Waals surface area contributed by atoms with E-state index in [0.717, 1.165) is 24.1 Å². The van der Waals surface area contributed by atoms with Gasteiger partial charge in [-0.25, -0.2) is 9.96 Å². The van der Waals surface area contributed by atoms with Crippen molar-refractivity contribution in [3.63, 3.8) is 0 Å². The van der Waals surface area contributed by atoms with E-state index < -0.39 is 18.1 Å². The van der Waals surface area contributed by atoms with E-state index in [1.165, 1.54) is 4.90 Å². The molecule has 0 N–H and O–H groups in total. The van der Waals surface area contributed by atoms with Crippen LogP contribution in [0.15, 0.2) is 72.8 Å². The normalized spacial score (nSPS) is 20.3. The molecule has 3 aromatic rings. The van der Waals surface area contributed by atoms with Gasteiger partial charge in [-0.15, -0.1) is 0 Å². The molecule has 2 amide bonds. The fraction of sp³-hybridized carbons (Fsp3) is 0.355. The number of hydroxylamine groups is 1. The Balaban J connectivity index is 1.51. The van der Waals surface area contributed by atoms with Crippen molar-refractivity contribution in [1.29, 1.82) is 0 Å². The number of fused-ring (bicyclic) bond motifs is 1. The van der Waals surface area contributed by atoms with Gasteiger partial charge in [-0.1, -0.05) is 38.1 Å². The van der Waals surface area contributed by atoms with Gasteiger partial charge in [-0.05, 0) is 73.9 Å². The minimum atomic E-state index is -0.953. The molecule has 5 rings (SSSR count). The molecule has 3 aromatic carbocycles. The molecule has 0 unspecified atom stereocenters. The molecule has 8 heteroatoms. The van der Waals surface area contributed by atoms with Crippen molar-refractivity contribution in [2.24, 2.45) is 5.92 Å². The third-order valence-electron chi connectivity index (χ3n) is 6.76.